The van der Waals surface area contributed by atoms with Crippen LogP contribution < -0.4 is 0 Å². The Balaban J connectivity index is 0.000000434. The number of carbonyl (C=O) groups is 6. The van der Waals surface area contributed by atoms with Crippen molar-refractivity contribution in [3.05, 3.63) is 63.3 Å². The Bertz CT molecular complexity index is 2610. The quantitative estimate of drug-likeness (QED) is 0.0213. The third-order valence-electron chi connectivity index (χ3n) is 25.5. The highest BCUT2D eigenvalue weighted by atomic mass is 16.5. The number of hydrogen-bond acceptors (Lipinski definition) is 11. The third kappa shape index (κ3) is 35.6. The molecule has 26 atom stereocenters. The number of ketones is 2. The van der Waals surface area contributed by atoms with Crippen molar-refractivity contribution in [3.63, 3.8) is 0 Å². The second-order valence-corrected chi connectivity index (χ2v) is 35.7. The van der Waals surface area contributed by atoms with E-state index in [9.17, 15) is 49.2 Å². The summed E-state index contributed by atoms with van der Waals surface area (Å²) in [6.07, 6.45) is 44.3. The lowest BCUT2D eigenvalue weighted by Gasteiger charge is -2.28. The lowest BCUT2D eigenvalue weighted by atomic mass is 9.08. The molecule has 0 aromatic rings. The average molecular weight is 1500 g/mol. The minimum atomic E-state index is -0.925. The van der Waals surface area contributed by atoms with Crippen molar-refractivity contribution in [2.24, 2.45) is 135 Å². The lowest BCUT2D eigenvalue weighted by molar-refractivity contribution is -0.160. The van der Waals surface area contributed by atoms with E-state index in [0.29, 0.717) is 48.9 Å². The minimum absolute atomic E-state index is 0. The first-order valence-corrected chi connectivity index (χ1v) is 40.7. The highest BCUT2D eigenvalue weighted by Crippen LogP contribution is 2.61. The van der Waals surface area contributed by atoms with Crippen molar-refractivity contribution in [2.45, 2.75) is 306 Å². The molecule has 0 bridgehead atoms. The van der Waals surface area contributed by atoms with Crippen LogP contribution in [0, 0.1) is 135 Å². The zero-order chi connectivity index (χ0) is 78.8. The van der Waals surface area contributed by atoms with E-state index in [1.165, 1.54) is 70.6 Å². The summed E-state index contributed by atoms with van der Waals surface area (Å²) in [5, 5.41) is 46.9. The molecular weight excluding hydrogens is 1350 g/mol. The lowest BCUT2D eigenvalue weighted by Crippen LogP contribution is -2.33. The van der Waals surface area contributed by atoms with Gasteiger partial charge in [0.05, 0.1) is 43.0 Å². The molecule has 109 heavy (non-hydrogen) atoms. The molecule has 14 aliphatic rings. The van der Waals surface area contributed by atoms with E-state index >= 15 is 0 Å². The smallest absolute Gasteiger partial charge is 0.307 e. The number of carboxylic acids is 2. The number of carbonyl (C=O) groups excluding carboxylic acids is 4. The summed E-state index contributed by atoms with van der Waals surface area (Å²) >= 11 is 0. The van der Waals surface area contributed by atoms with Crippen LogP contribution in [0.25, 0.3) is 0 Å². The van der Waals surface area contributed by atoms with Crippen LogP contribution in [0.4, 0.5) is 0 Å². The maximum atomic E-state index is 12.3. The van der Waals surface area contributed by atoms with Gasteiger partial charge in [-0.1, -0.05) is 102 Å². The van der Waals surface area contributed by atoms with E-state index in [-0.39, 0.29) is 77.6 Å². The van der Waals surface area contributed by atoms with Gasteiger partial charge < -0.3 is 35.0 Å². The normalized spacial score (nSPS) is 33.8. The Morgan fingerprint density at radius 1 is 0.468 bits per heavy atom. The van der Waals surface area contributed by atoms with Gasteiger partial charge in [0.2, 0.25) is 0 Å². The van der Waals surface area contributed by atoms with Crippen molar-refractivity contribution < 1.29 is 63.8 Å². The van der Waals surface area contributed by atoms with Gasteiger partial charge in [-0.15, -0.1) is 32.9 Å². The first-order valence-electron chi connectivity index (χ1n) is 40.7. The molecule has 13 nitrogen and oxygen atoms in total. The molecule has 14 rings (SSSR count). The standard InChI is InChI=1S/2C19H30O4.2C11H18O.C11H16O.C6H10O.C6H8O.3CH4.B4.B3H3.B3/c2*1-5-6-7-8-13-14-9-12(14)10-16(13)23-17(20)11-15(18(21)22)19(2,3)4;3*1-2-3-4-5-9-10-6-8(10)7-11(9)12;2*7-6-2-4-1-5(4)3-6;;;;1-4(2)3;2*1-3-2/h2*5,12-16H,1,6-11H2,2-4H3,(H,21,22);2*2,8-12H,1,3-7H2;2,8-10H,1,3-7H2;4-7H,1-3H2;4-5H,1-3H2;3*1H4;;1H3;/q;;;;;;;;;;;-1;/t12-,13+,14-,15+,16+;12-,13+,14-,15-,16+;8-,9+,10-,11+;8-,9+,10-,11-;8-,9+,10-;4-,5+,6?;;;;;;;/m01000......../s1. The van der Waals surface area contributed by atoms with E-state index in [1.807, 2.05) is 71.9 Å². The SMILES string of the molecule is C.C.C.C=CCCC[C@@H]1[C@H]2C[C@H]2C[C@@H]1O.C=CCCC[C@@H]1[C@H]2C[C@H]2C[C@H]1O.C=CCCC[C@@H]1[C@H]2C[C@H]2C[C@H]1OC(=O)C[C@H](C(=O)O)C(C)(C)C.C=CCCC[C@H]1C(=O)C[C@@H]2C[C@@H]21.C=CCCC[C@H]1[C@@H]2C[C@@H]2C[C@@H]1OC(=O)C[C@H](C(=O)O)C(C)(C)C.O=C1CC2CC2C1.OC1C[C@@H]2C[C@@H]2C1.[B]B([B])[B].[B][B][BH3-].[B][B][B]. The number of carboxylic acid groups (broad SMARTS) is 2. The summed E-state index contributed by atoms with van der Waals surface area (Å²) in [6, 6.07) is 0. The van der Waals surface area contributed by atoms with Gasteiger partial charge in [0.15, 0.2) is 0 Å². The van der Waals surface area contributed by atoms with Crippen molar-refractivity contribution in [1.82, 2.24) is 0 Å². The van der Waals surface area contributed by atoms with E-state index in [4.69, 9.17) is 22.3 Å². The van der Waals surface area contributed by atoms with Gasteiger partial charge >= 0.3 is 23.9 Å². The van der Waals surface area contributed by atoms with Gasteiger partial charge in [-0.05, 0) is 305 Å². The molecule has 23 heteroatoms. The molecular formula is C86H145B10O13-. The minimum Gasteiger partial charge on any atom is -0.481 e. The molecule has 0 aromatic heterocycles. The second kappa shape index (κ2) is 50.0. The number of esters is 2. The summed E-state index contributed by atoms with van der Waals surface area (Å²) in [4.78, 5) is 69.2. The van der Waals surface area contributed by atoms with Crippen molar-refractivity contribution in [3.8, 4) is 0 Å². The summed E-state index contributed by atoms with van der Waals surface area (Å²) < 4.78 is 11.4. The maximum absolute atomic E-state index is 12.3. The fraction of sp³-hybridized carbons (Fsp3) is 0.814. The van der Waals surface area contributed by atoms with Crippen LogP contribution in [0.2, 0.25) is 0 Å². The first-order chi connectivity index (χ1) is 50.2. The van der Waals surface area contributed by atoms with Crippen LogP contribution in [-0.4, -0.2) is 166 Å². The average Bonchev–Trinajstić information content (AvgIpc) is 1.63. The number of unbranched alkanes of at least 4 members (excludes halogenated alkanes) is 5. The fourth-order valence-corrected chi connectivity index (χ4v) is 19.1. The molecule has 14 saturated carbocycles. The number of aliphatic hydroxyl groups is 3. The van der Waals surface area contributed by atoms with Gasteiger partial charge in [0.25, 0.3) is 0 Å². The van der Waals surface area contributed by atoms with Crippen LogP contribution in [0.5, 0.6) is 0 Å². The zero-order valence-electron chi connectivity index (χ0n) is 65.5. The predicted octanol–water partition coefficient (Wildman–Crippen LogP) is 14.4. The number of aliphatic hydroxyl groups excluding tert-OH is 3. The molecule has 598 valence electrons. The number of allylic oxidation sites excluding steroid dienone is 5. The molecule has 0 aromatic carbocycles. The monoisotopic (exact) mass is 1500 g/mol. The molecule has 14 aliphatic carbocycles. The Kier molecular flexibility index (Phi) is 46.6. The topological polar surface area (TPSA) is 222 Å². The third-order valence-corrected chi connectivity index (χ3v) is 25.5. The number of rotatable bonds is 28. The Labute approximate surface area is 674 Å². The predicted molar refractivity (Wildman–Crippen MR) is 461 cm³/mol. The second-order valence-electron chi connectivity index (χ2n) is 35.7. The molecule has 5 N–H and O–H groups in total. The molecule has 14 fully saturated rings. The molecule has 0 amide bonds. The van der Waals surface area contributed by atoms with Gasteiger partial charge in [-0.3, -0.25) is 28.8 Å². The van der Waals surface area contributed by atoms with Crippen LogP contribution in [0.1, 0.15) is 276 Å². The molecule has 14 radical (unpaired) electrons. The molecule has 0 saturated heterocycles. The summed E-state index contributed by atoms with van der Waals surface area (Å²) in [5.41, 5.74) is -0.905. The van der Waals surface area contributed by atoms with Crippen LogP contribution in [-0.2, 0) is 38.2 Å². The van der Waals surface area contributed by atoms with Crippen LogP contribution in [0.3, 0.4) is 0 Å². The molecule has 3 unspecified atom stereocenters. The largest absolute Gasteiger partial charge is 0.481 e. The number of hydrogen-bond donors (Lipinski definition) is 5. The number of fused-ring (bicyclic) bond motifs is 7. The molecule has 0 heterocycles. The summed E-state index contributed by atoms with van der Waals surface area (Å²) in [6.45, 7) is 29.7. The fourth-order valence-electron chi connectivity index (χ4n) is 19.1. The highest BCUT2D eigenvalue weighted by molar-refractivity contribution is 7.49. The first kappa shape index (κ1) is 102. The van der Waals surface area contributed by atoms with Crippen LogP contribution >= 0.6 is 0 Å². The van der Waals surface area contributed by atoms with E-state index in [2.05, 4.69) is 71.6 Å². The molecule has 0 spiro atoms. The Hall–Kier alpha value is -3.55. The van der Waals surface area contributed by atoms with Gasteiger partial charge in [-0.2, -0.15) is 7.06 Å². The summed E-state index contributed by atoms with van der Waals surface area (Å²) in [5.74, 6) is 11.3. The highest BCUT2D eigenvalue weighted by Gasteiger charge is 2.57. The number of Topliss-reactive ketones (excluding diaryl/α,β-unsaturated/α-hetero) is 2. The van der Waals surface area contributed by atoms with Crippen molar-refractivity contribution in [1.29, 1.82) is 0 Å². The maximum Gasteiger partial charge on any atom is 0.307 e. The van der Waals surface area contributed by atoms with E-state index in [0.717, 1.165) is 218 Å². The van der Waals surface area contributed by atoms with E-state index < -0.39 is 41.0 Å². The van der Waals surface area contributed by atoms with E-state index in [1.54, 1.807) is 7.06 Å². The zero-order valence-corrected chi connectivity index (χ0v) is 65.5. The van der Waals surface area contributed by atoms with Gasteiger partial charge in [0, 0.05) is 77.3 Å². The Morgan fingerprint density at radius 3 is 1.01 bits per heavy atom. The van der Waals surface area contributed by atoms with Crippen molar-refractivity contribution in [2.75, 3.05) is 0 Å². The van der Waals surface area contributed by atoms with Crippen molar-refractivity contribution >= 4 is 110 Å². The van der Waals surface area contributed by atoms with Crippen LogP contribution in [0.15, 0.2) is 63.3 Å². The van der Waals surface area contributed by atoms with Gasteiger partial charge in [-0.25, -0.2) is 0 Å². The number of ether oxygens (including phenoxy) is 2. The summed E-state index contributed by atoms with van der Waals surface area (Å²) in [7, 11) is 31.0. The Morgan fingerprint density at radius 2 is 0.761 bits per heavy atom. The number of aliphatic carboxylic acids is 2. The van der Waals surface area contributed by atoms with Gasteiger partial charge in [0.1, 0.15) is 23.8 Å². The molecule has 0 aliphatic heterocycles.